The molecule has 1 heterocycles. The van der Waals surface area contributed by atoms with E-state index in [0.717, 1.165) is 43.5 Å². The van der Waals surface area contributed by atoms with E-state index in [1.54, 1.807) is 17.6 Å². The molecule has 2 amide bonds. The van der Waals surface area contributed by atoms with Crippen LogP contribution in [-0.2, 0) is 11.2 Å². The number of hydroxylamine groups is 1. The van der Waals surface area contributed by atoms with Gasteiger partial charge in [-0.25, -0.2) is 5.48 Å². The minimum atomic E-state index is -0.863. The van der Waals surface area contributed by atoms with E-state index in [1.165, 1.54) is 5.56 Å². The van der Waals surface area contributed by atoms with Crippen molar-refractivity contribution in [2.24, 2.45) is 0 Å². The number of rotatable bonds is 8. The van der Waals surface area contributed by atoms with E-state index in [-0.39, 0.29) is 19.9 Å². The van der Waals surface area contributed by atoms with Gasteiger partial charge in [0.1, 0.15) is 6.04 Å². The van der Waals surface area contributed by atoms with Crippen LogP contribution < -0.4 is 16.1 Å². The summed E-state index contributed by atoms with van der Waals surface area (Å²) in [6, 6.07) is 15.1. The van der Waals surface area contributed by atoms with E-state index in [4.69, 9.17) is 5.21 Å². The molecule has 2 aromatic carbocycles. The Morgan fingerprint density at radius 2 is 1.59 bits per heavy atom. The highest BCUT2D eigenvalue weighted by atomic mass is 16.5. The highest BCUT2D eigenvalue weighted by Crippen LogP contribution is 2.20. The molecule has 7 heteroatoms. The van der Waals surface area contributed by atoms with E-state index in [0.29, 0.717) is 11.6 Å². The third kappa shape index (κ3) is 6.88. The Balaban J connectivity index is 0.00000363. The molecule has 3 rings (SSSR count). The van der Waals surface area contributed by atoms with E-state index in [9.17, 15) is 9.59 Å². The molecule has 0 aliphatic carbocycles. The molecule has 0 unspecified atom stereocenters. The molecular formula is C25H36N4O3. The Bertz CT molecular complexity index is 860. The van der Waals surface area contributed by atoms with E-state index < -0.39 is 11.9 Å². The maximum absolute atomic E-state index is 12.7. The van der Waals surface area contributed by atoms with Gasteiger partial charge in [0.05, 0.1) is 0 Å². The maximum atomic E-state index is 12.7. The van der Waals surface area contributed by atoms with Gasteiger partial charge in [0.15, 0.2) is 0 Å². The number of nitrogens with zero attached hydrogens (tertiary/aromatic N) is 1. The van der Waals surface area contributed by atoms with Gasteiger partial charge in [0.2, 0.25) is 0 Å². The predicted octanol–water partition coefficient (Wildman–Crippen LogP) is 2.84. The monoisotopic (exact) mass is 440 g/mol. The molecule has 32 heavy (non-hydrogen) atoms. The molecule has 0 spiro atoms. The summed E-state index contributed by atoms with van der Waals surface area (Å²) >= 11 is 0. The Hall–Kier alpha value is -2.74. The lowest BCUT2D eigenvalue weighted by Gasteiger charge is -2.30. The fraction of sp³-hybridized carbons (Fsp3) is 0.440. The summed E-state index contributed by atoms with van der Waals surface area (Å²) in [6.45, 7) is 4.37. The van der Waals surface area contributed by atoms with Gasteiger partial charge in [-0.3, -0.25) is 14.8 Å². The molecule has 1 saturated heterocycles. The standard InChI is InChI=1S/C24H32N4O3.CH4/c1-3-17-4-6-18(7-5-17)19-8-10-20(11-9-19)23(29)26-22(24(30)27-31)16-25-21-12-14-28(2)15-13-21;/h4-11,21-22,25,31H,3,12-16H2,1-2H3,(H,26,29)(H,27,30);1H4/t22-;/m0./s1. The summed E-state index contributed by atoms with van der Waals surface area (Å²) in [5.41, 5.74) is 5.50. The van der Waals surface area contributed by atoms with Crippen LogP contribution in [0.15, 0.2) is 48.5 Å². The van der Waals surface area contributed by atoms with Crippen LogP contribution in [0.1, 0.15) is 43.1 Å². The van der Waals surface area contributed by atoms with Crippen LogP contribution >= 0.6 is 0 Å². The first-order valence-corrected chi connectivity index (χ1v) is 10.9. The lowest BCUT2D eigenvalue weighted by Crippen LogP contribution is -2.53. The second kappa shape index (κ2) is 12.3. The minimum Gasteiger partial charge on any atom is -0.339 e. The summed E-state index contributed by atoms with van der Waals surface area (Å²) in [6.07, 6.45) is 2.96. The van der Waals surface area contributed by atoms with Crippen molar-refractivity contribution in [3.63, 3.8) is 0 Å². The number of carbonyl (C=O) groups is 2. The first-order chi connectivity index (χ1) is 15.0. The molecule has 1 aliphatic heterocycles. The Labute approximate surface area is 191 Å². The van der Waals surface area contributed by atoms with Crippen LogP contribution in [0.25, 0.3) is 11.1 Å². The van der Waals surface area contributed by atoms with Crippen LogP contribution in [0, 0.1) is 0 Å². The molecule has 1 atom stereocenters. The van der Waals surface area contributed by atoms with Crippen molar-refractivity contribution < 1.29 is 14.8 Å². The van der Waals surface area contributed by atoms with Crippen molar-refractivity contribution in [1.82, 2.24) is 21.0 Å². The predicted molar refractivity (Wildman–Crippen MR) is 128 cm³/mol. The van der Waals surface area contributed by atoms with Crippen LogP contribution in [0.2, 0.25) is 0 Å². The van der Waals surface area contributed by atoms with Crippen molar-refractivity contribution in [1.29, 1.82) is 0 Å². The molecule has 1 fully saturated rings. The number of aryl methyl sites for hydroxylation is 1. The van der Waals surface area contributed by atoms with E-state index >= 15 is 0 Å². The average molecular weight is 441 g/mol. The summed E-state index contributed by atoms with van der Waals surface area (Å²) in [5, 5.41) is 15.1. The number of hydrogen-bond acceptors (Lipinski definition) is 5. The summed E-state index contributed by atoms with van der Waals surface area (Å²) in [7, 11) is 2.09. The van der Waals surface area contributed by atoms with Crippen molar-refractivity contribution in [3.05, 3.63) is 59.7 Å². The Morgan fingerprint density at radius 3 is 2.12 bits per heavy atom. The van der Waals surface area contributed by atoms with Gasteiger partial charge in [-0.2, -0.15) is 0 Å². The summed E-state index contributed by atoms with van der Waals surface area (Å²) in [5.74, 6) is -0.993. The third-order valence-corrected chi connectivity index (χ3v) is 5.90. The van der Waals surface area contributed by atoms with E-state index in [2.05, 4.69) is 53.8 Å². The number of hydrogen-bond donors (Lipinski definition) is 4. The van der Waals surface area contributed by atoms with E-state index in [1.807, 2.05) is 12.1 Å². The van der Waals surface area contributed by atoms with Gasteiger partial charge in [-0.15, -0.1) is 0 Å². The molecule has 0 radical (unpaired) electrons. The number of benzene rings is 2. The lowest BCUT2D eigenvalue weighted by atomic mass is 10.0. The normalized spacial score (nSPS) is 15.5. The fourth-order valence-corrected chi connectivity index (χ4v) is 3.77. The first-order valence-electron chi connectivity index (χ1n) is 10.9. The Morgan fingerprint density at radius 1 is 1.03 bits per heavy atom. The highest BCUT2D eigenvalue weighted by Gasteiger charge is 2.23. The maximum Gasteiger partial charge on any atom is 0.267 e. The molecule has 7 nitrogen and oxygen atoms in total. The van der Waals surface area contributed by atoms with Crippen LogP contribution in [0.3, 0.4) is 0 Å². The second-order valence-corrected chi connectivity index (χ2v) is 8.12. The molecule has 0 bridgehead atoms. The van der Waals surface area contributed by atoms with Crippen molar-refractivity contribution in [3.8, 4) is 11.1 Å². The topological polar surface area (TPSA) is 93.7 Å². The first kappa shape index (κ1) is 25.5. The quantitative estimate of drug-likeness (QED) is 0.374. The van der Waals surface area contributed by atoms with Crippen molar-refractivity contribution >= 4 is 11.8 Å². The number of likely N-dealkylation sites (tertiary alicyclic amines) is 1. The minimum absolute atomic E-state index is 0. The van der Waals surface area contributed by atoms with Crippen LogP contribution in [0.5, 0.6) is 0 Å². The van der Waals surface area contributed by atoms with Gasteiger partial charge >= 0.3 is 0 Å². The van der Waals surface area contributed by atoms with Gasteiger partial charge in [-0.05, 0) is 68.2 Å². The smallest absolute Gasteiger partial charge is 0.267 e. The van der Waals surface area contributed by atoms with Crippen molar-refractivity contribution in [2.45, 2.75) is 45.7 Å². The number of amides is 2. The molecule has 1 aliphatic rings. The van der Waals surface area contributed by atoms with Gasteiger partial charge in [0.25, 0.3) is 11.8 Å². The zero-order valence-corrected chi connectivity index (χ0v) is 18.2. The van der Waals surface area contributed by atoms with Crippen LogP contribution in [0.4, 0.5) is 0 Å². The molecule has 0 saturated carbocycles. The Kier molecular flexibility index (Phi) is 9.84. The molecule has 0 aromatic heterocycles. The zero-order valence-electron chi connectivity index (χ0n) is 18.2. The van der Waals surface area contributed by atoms with Gasteiger partial charge in [0, 0.05) is 18.2 Å². The summed E-state index contributed by atoms with van der Waals surface area (Å²) < 4.78 is 0. The van der Waals surface area contributed by atoms with Crippen LogP contribution in [-0.4, -0.2) is 60.7 Å². The van der Waals surface area contributed by atoms with Crippen molar-refractivity contribution in [2.75, 3.05) is 26.7 Å². The lowest BCUT2D eigenvalue weighted by molar-refractivity contribution is -0.131. The molecular weight excluding hydrogens is 404 g/mol. The number of piperidine rings is 1. The largest absolute Gasteiger partial charge is 0.339 e. The number of nitrogens with one attached hydrogen (secondary N) is 3. The third-order valence-electron chi connectivity index (χ3n) is 5.90. The average Bonchev–Trinajstić information content (AvgIpc) is 2.82. The molecule has 2 aromatic rings. The highest BCUT2D eigenvalue weighted by molar-refractivity contribution is 5.97. The fourth-order valence-electron chi connectivity index (χ4n) is 3.77. The molecule has 174 valence electrons. The zero-order chi connectivity index (χ0) is 22.2. The second-order valence-electron chi connectivity index (χ2n) is 8.12. The summed E-state index contributed by atoms with van der Waals surface area (Å²) in [4.78, 5) is 27.0. The number of carbonyl (C=O) groups excluding carboxylic acids is 2. The molecule has 4 N–H and O–H groups in total. The SMILES string of the molecule is C.CCc1ccc(-c2ccc(C(=O)N[C@@H](CNC3CCN(C)CC3)C(=O)NO)cc2)cc1. The van der Waals surface area contributed by atoms with Gasteiger partial charge in [-0.1, -0.05) is 50.7 Å². The van der Waals surface area contributed by atoms with Gasteiger partial charge < -0.3 is 15.5 Å².